The number of hydrogen-bond donors (Lipinski definition) is 1. The van der Waals surface area contributed by atoms with E-state index in [2.05, 4.69) is 5.16 Å². The first-order valence-corrected chi connectivity index (χ1v) is 13.5. The smallest absolute Gasteiger partial charge is 0.292 e. The second-order valence-electron chi connectivity index (χ2n) is 10.7. The summed E-state index contributed by atoms with van der Waals surface area (Å²) in [6.45, 7) is 0.771. The molecule has 3 heterocycles. The molecule has 0 bridgehead atoms. The third kappa shape index (κ3) is 4.91. The monoisotopic (exact) mass is 539 g/mol. The lowest BCUT2D eigenvalue weighted by atomic mass is 9.69. The maximum Gasteiger partial charge on any atom is 0.292 e. The Morgan fingerprint density at radius 3 is 2.52 bits per heavy atom. The molecule has 0 radical (unpaired) electrons. The molecule has 204 valence electrons. The van der Waals surface area contributed by atoms with Gasteiger partial charge in [0.1, 0.15) is 11.5 Å². The number of hydrogen-bond acceptors (Lipinski definition) is 5. The molecule has 2 aliphatic heterocycles. The van der Waals surface area contributed by atoms with Crippen LogP contribution >= 0.6 is 0 Å². The largest absolute Gasteiger partial charge is 0.391 e. The molecule has 0 saturated carbocycles. The molecule has 2 amide bonds. The summed E-state index contributed by atoms with van der Waals surface area (Å²) in [5.41, 5.74) is 1.89. The van der Waals surface area contributed by atoms with Crippen molar-refractivity contribution in [3.8, 4) is 11.3 Å². The molecule has 3 atom stereocenters. The highest BCUT2D eigenvalue weighted by Gasteiger charge is 2.53. The van der Waals surface area contributed by atoms with Crippen LogP contribution < -0.4 is 0 Å². The van der Waals surface area contributed by atoms with Crippen LogP contribution in [-0.2, 0) is 11.3 Å². The van der Waals surface area contributed by atoms with E-state index in [1.54, 1.807) is 28.0 Å². The molecule has 0 unspecified atom stereocenters. The van der Waals surface area contributed by atoms with Crippen molar-refractivity contribution in [1.29, 1.82) is 0 Å². The first kappa shape index (κ1) is 26.0. The number of halogens is 1. The Bertz CT molecular complexity index is 1510. The van der Waals surface area contributed by atoms with Crippen LogP contribution in [0.4, 0.5) is 4.39 Å². The Hall–Kier alpha value is -4.30. The van der Waals surface area contributed by atoms with Crippen LogP contribution in [0.2, 0.25) is 0 Å². The van der Waals surface area contributed by atoms with Crippen molar-refractivity contribution in [2.24, 2.45) is 5.41 Å². The van der Waals surface area contributed by atoms with Crippen LogP contribution in [0, 0.1) is 11.2 Å². The number of carbonyl (C=O) groups excluding carboxylic acids is 2. The lowest BCUT2D eigenvalue weighted by Crippen LogP contribution is -2.61. The average Bonchev–Trinajstić information content (AvgIpc) is 3.47. The van der Waals surface area contributed by atoms with Crippen molar-refractivity contribution in [2.45, 2.75) is 38.0 Å². The number of aliphatic hydroxyl groups excluding tert-OH is 1. The van der Waals surface area contributed by atoms with Crippen LogP contribution in [0.1, 0.15) is 47.0 Å². The van der Waals surface area contributed by atoms with Crippen LogP contribution in [0.5, 0.6) is 0 Å². The van der Waals surface area contributed by atoms with E-state index in [-0.39, 0.29) is 42.9 Å². The maximum absolute atomic E-state index is 14.4. The van der Waals surface area contributed by atoms with Gasteiger partial charge in [0.15, 0.2) is 0 Å². The SMILES string of the molecule is O=C(c1cc(-c2ccccc2)no1)N1CCC[C@]2(C[C@@H](O)[C@H](c3ccccc3)N(Cc3cccc(F)c3)C2=O)C1. The minimum atomic E-state index is -0.964. The summed E-state index contributed by atoms with van der Waals surface area (Å²) in [4.78, 5) is 31.2. The Morgan fingerprint density at radius 1 is 1.02 bits per heavy atom. The highest BCUT2D eigenvalue weighted by molar-refractivity contribution is 5.93. The average molecular weight is 540 g/mol. The van der Waals surface area contributed by atoms with Crippen LogP contribution in [0.3, 0.4) is 0 Å². The van der Waals surface area contributed by atoms with Crippen molar-refractivity contribution in [3.63, 3.8) is 0 Å². The lowest BCUT2D eigenvalue weighted by molar-refractivity contribution is -0.165. The molecule has 0 aliphatic carbocycles. The van der Waals surface area contributed by atoms with Crippen molar-refractivity contribution >= 4 is 11.8 Å². The van der Waals surface area contributed by atoms with E-state index in [1.165, 1.54) is 12.1 Å². The third-order valence-electron chi connectivity index (χ3n) is 8.05. The van der Waals surface area contributed by atoms with E-state index < -0.39 is 17.6 Å². The third-order valence-corrected chi connectivity index (χ3v) is 8.05. The second-order valence-corrected chi connectivity index (χ2v) is 10.7. The fourth-order valence-corrected chi connectivity index (χ4v) is 6.22. The minimum absolute atomic E-state index is 0.110. The number of aliphatic hydroxyl groups is 1. The summed E-state index contributed by atoms with van der Waals surface area (Å²) in [6, 6.07) is 26.1. The maximum atomic E-state index is 14.4. The van der Waals surface area contributed by atoms with Gasteiger partial charge < -0.3 is 19.4 Å². The molecule has 1 N–H and O–H groups in total. The van der Waals surface area contributed by atoms with Gasteiger partial charge in [-0.25, -0.2) is 4.39 Å². The molecule has 40 heavy (non-hydrogen) atoms. The van der Waals surface area contributed by atoms with Crippen molar-refractivity contribution in [3.05, 3.63) is 114 Å². The summed E-state index contributed by atoms with van der Waals surface area (Å²) >= 11 is 0. The van der Waals surface area contributed by atoms with E-state index in [0.29, 0.717) is 30.6 Å². The Morgan fingerprint density at radius 2 is 1.77 bits per heavy atom. The van der Waals surface area contributed by atoms with Gasteiger partial charge in [0.05, 0.1) is 17.6 Å². The van der Waals surface area contributed by atoms with E-state index in [9.17, 15) is 19.1 Å². The predicted octanol–water partition coefficient (Wildman–Crippen LogP) is 5.24. The lowest BCUT2D eigenvalue weighted by Gasteiger charge is -2.51. The number of rotatable bonds is 5. The molecule has 3 aromatic carbocycles. The van der Waals surface area contributed by atoms with Crippen molar-refractivity contribution < 1.29 is 23.6 Å². The summed E-state index contributed by atoms with van der Waals surface area (Å²) < 4.78 is 19.5. The van der Waals surface area contributed by atoms with Gasteiger partial charge >= 0.3 is 0 Å². The minimum Gasteiger partial charge on any atom is -0.391 e. The van der Waals surface area contributed by atoms with Crippen LogP contribution in [0.15, 0.2) is 95.5 Å². The number of carbonyl (C=O) groups is 2. The molecule has 1 spiro atoms. The van der Waals surface area contributed by atoms with Crippen molar-refractivity contribution in [1.82, 2.24) is 15.0 Å². The van der Waals surface area contributed by atoms with Crippen molar-refractivity contribution in [2.75, 3.05) is 13.1 Å². The highest BCUT2D eigenvalue weighted by atomic mass is 19.1. The number of aromatic nitrogens is 1. The van der Waals surface area contributed by atoms with E-state index in [4.69, 9.17) is 4.52 Å². The van der Waals surface area contributed by atoms with Gasteiger partial charge in [-0.3, -0.25) is 9.59 Å². The number of benzene rings is 3. The fourth-order valence-electron chi connectivity index (χ4n) is 6.22. The Labute approximate surface area is 231 Å². The number of likely N-dealkylation sites (tertiary alicyclic amines) is 2. The standard InChI is InChI=1S/C32H30FN3O4/c33-25-14-7-9-22(17-25)20-36-29(24-12-5-2-6-13-24)27(37)19-32(31(36)39)15-8-16-35(21-32)30(38)28-18-26(34-40-28)23-10-3-1-4-11-23/h1-7,9-14,17-18,27,29,37H,8,15-16,19-21H2/t27-,29+,32+/m1/s1. The van der Waals surface area contributed by atoms with E-state index in [1.807, 2.05) is 60.7 Å². The second kappa shape index (κ2) is 10.7. The van der Waals surface area contributed by atoms with Gasteiger partial charge in [0.2, 0.25) is 11.7 Å². The summed E-state index contributed by atoms with van der Waals surface area (Å²) in [7, 11) is 0. The highest BCUT2D eigenvalue weighted by Crippen LogP contribution is 2.46. The fraction of sp³-hybridized carbons (Fsp3) is 0.281. The zero-order chi connectivity index (χ0) is 27.7. The van der Waals surface area contributed by atoms with E-state index >= 15 is 0 Å². The molecule has 2 aliphatic rings. The first-order valence-electron chi connectivity index (χ1n) is 13.5. The van der Waals surface area contributed by atoms with Gasteiger partial charge in [0, 0.05) is 31.3 Å². The molecule has 6 rings (SSSR count). The van der Waals surface area contributed by atoms with Gasteiger partial charge in [-0.05, 0) is 42.5 Å². The normalized spacial score (nSPS) is 23.0. The predicted molar refractivity (Wildman–Crippen MR) is 146 cm³/mol. The van der Waals surface area contributed by atoms with Gasteiger partial charge in [0.25, 0.3) is 5.91 Å². The molecule has 2 saturated heterocycles. The number of nitrogens with zero attached hydrogens (tertiary/aromatic N) is 3. The van der Waals surface area contributed by atoms with Gasteiger partial charge in [-0.15, -0.1) is 0 Å². The van der Waals surface area contributed by atoms with Crippen LogP contribution in [0.25, 0.3) is 11.3 Å². The van der Waals surface area contributed by atoms with Gasteiger partial charge in [-0.1, -0.05) is 78.0 Å². The Balaban J connectivity index is 1.29. The topological polar surface area (TPSA) is 86.9 Å². The summed E-state index contributed by atoms with van der Waals surface area (Å²) in [5.74, 6) is -0.753. The summed E-state index contributed by atoms with van der Waals surface area (Å²) in [6.07, 6.45) is 0.506. The quantitative estimate of drug-likeness (QED) is 0.375. The summed E-state index contributed by atoms with van der Waals surface area (Å²) in [5, 5.41) is 15.6. The molecular weight excluding hydrogens is 509 g/mol. The number of amides is 2. The molecule has 2 fully saturated rings. The van der Waals surface area contributed by atoms with Crippen LogP contribution in [-0.4, -0.2) is 51.1 Å². The molecule has 7 nitrogen and oxygen atoms in total. The zero-order valence-corrected chi connectivity index (χ0v) is 21.9. The first-order chi connectivity index (χ1) is 19.4. The molecule has 8 heteroatoms. The molecule has 1 aromatic heterocycles. The zero-order valence-electron chi connectivity index (χ0n) is 21.9. The molecular formula is C32H30FN3O4. The number of piperidine rings is 2. The molecule has 4 aromatic rings. The van der Waals surface area contributed by atoms with Gasteiger partial charge in [-0.2, -0.15) is 0 Å². The van der Waals surface area contributed by atoms with E-state index in [0.717, 1.165) is 11.1 Å². The Kier molecular flexibility index (Phi) is 6.94.